The first kappa shape index (κ1) is 20.4. The van der Waals surface area contributed by atoms with E-state index in [-0.39, 0.29) is 46.5 Å². The Kier molecular flexibility index (Phi) is 8.18. The van der Waals surface area contributed by atoms with Crippen molar-refractivity contribution in [2.45, 2.75) is 26.8 Å². The van der Waals surface area contributed by atoms with Gasteiger partial charge in [-0.05, 0) is 18.9 Å². The smallest absolute Gasteiger partial charge is 0.343 e. The molecule has 132 valence electrons. The Balaban J connectivity index is 3.17. The Morgan fingerprint density at radius 3 is 2.58 bits per heavy atom. The zero-order valence-electron chi connectivity index (χ0n) is 13.7. The van der Waals surface area contributed by atoms with Gasteiger partial charge in [-0.15, -0.1) is 0 Å². The van der Waals surface area contributed by atoms with Gasteiger partial charge in [0.2, 0.25) is 5.78 Å². The van der Waals surface area contributed by atoms with Crippen molar-refractivity contribution in [1.29, 1.82) is 0 Å². The van der Waals surface area contributed by atoms with Crippen molar-refractivity contribution in [2.24, 2.45) is 5.92 Å². The summed E-state index contributed by atoms with van der Waals surface area (Å²) in [7, 11) is 0. The highest BCUT2D eigenvalue weighted by molar-refractivity contribution is 6.38. The van der Waals surface area contributed by atoms with Gasteiger partial charge < -0.3 is 15.2 Å². The van der Waals surface area contributed by atoms with Crippen molar-refractivity contribution in [3.8, 4) is 0 Å². The first-order valence-corrected chi connectivity index (χ1v) is 8.17. The molecule has 0 aliphatic carbocycles. The molecule has 1 aromatic rings. The summed E-state index contributed by atoms with van der Waals surface area (Å²) in [5.74, 6) is -1.41. The van der Waals surface area contributed by atoms with Crippen molar-refractivity contribution >= 4 is 35.0 Å². The standard InChI is InChI=1S/C16H20Cl2N2O4/c1-4-24-16(23)11(7-19-13(8-21)9(2)3)15(22)14-12(18)5-10(17)6-20-14/h5-7,9,13,19,21H,4,8H2,1-3H3/t13-/m1/s1. The summed E-state index contributed by atoms with van der Waals surface area (Å²) in [4.78, 5) is 28.6. The minimum Gasteiger partial charge on any atom is -0.462 e. The van der Waals surface area contributed by atoms with Crippen molar-refractivity contribution in [2.75, 3.05) is 13.2 Å². The number of nitrogens with zero attached hydrogens (tertiary/aromatic N) is 1. The largest absolute Gasteiger partial charge is 0.462 e. The lowest BCUT2D eigenvalue weighted by Crippen LogP contribution is -2.34. The molecular formula is C16H20Cl2N2O4. The van der Waals surface area contributed by atoms with E-state index in [2.05, 4.69) is 10.3 Å². The summed E-state index contributed by atoms with van der Waals surface area (Å²) in [6.45, 7) is 5.37. The lowest BCUT2D eigenvalue weighted by Gasteiger charge is -2.19. The van der Waals surface area contributed by atoms with E-state index >= 15 is 0 Å². The van der Waals surface area contributed by atoms with Crippen LogP contribution in [0.5, 0.6) is 0 Å². The molecule has 1 rings (SSSR count). The lowest BCUT2D eigenvalue weighted by atomic mass is 10.0. The Hall–Kier alpha value is -1.63. The van der Waals surface area contributed by atoms with Crippen LogP contribution in [-0.2, 0) is 9.53 Å². The second-order valence-electron chi connectivity index (χ2n) is 5.29. The number of esters is 1. The first-order valence-electron chi connectivity index (χ1n) is 7.41. The summed E-state index contributed by atoms with van der Waals surface area (Å²) >= 11 is 11.7. The number of carbonyl (C=O) groups is 2. The van der Waals surface area contributed by atoms with Crippen LogP contribution in [0.25, 0.3) is 0 Å². The summed E-state index contributed by atoms with van der Waals surface area (Å²) in [5.41, 5.74) is -0.361. The van der Waals surface area contributed by atoms with E-state index in [4.69, 9.17) is 27.9 Å². The fourth-order valence-electron chi connectivity index (χ4n) is 1.78. The molecule has 0 amide bonds. The fraction of sp³-hybridized carbons (Fsp3) is 0.438. The molecule has 6 nitrogen and oxygen atoms in total. The predicted molar refractivity (Wildman–Crippen MR) is 92.2 cm³/mol. The van der Waals surface area contributed by atoms with Crippen LogP contribution in [0.3, 0.4) is 0 Å². The summed E-state index contributed by atoms with van der Waals surface area (Å²) in [5, 5.41) is 12.5. The average Bonchev–Trinajstić information content (AvgIpc) is 2.50. The predicted octanol–water partition coefficient (Wildman–Crippen LogP) is 2.62. The summed E-state index contributed by atoms with van der Waals surface area (Å²) in [6.07, 6.45) is 2.50. The molecule has 1 aromatic heterocycles. The summed E-state index contributed by atoms with van der Waals surface area (Å²) < 4.78 is 4.91. The van der Waals surface area contributed by atoms with Crippen LogP contribution in [-0.4, -0.2) is 41.1 Å². The molecule has 0 unspecified atom stereocenters. The van der Waals surface area contributed by atoms with Gasteiger partial charge in [-0.1, -0.05) is 37.0 Å². The minimum absolute atomic E-state index is 0.0327. The molecule has 0 saturated carbocycles. The minimum atomic E-state index is -0.803. The number of aliphatic hydroxyl groups is 1. The molecule has 0 fully saturated rings. The summed E-state index contributed by atoms with van der Waals surface area (Å²) in [6, 6.07) is 1.04. The van der Waals surface area contributed by atoms with Crippen molar-refractivity contribution in [3.05, 3.63) is 39.8 Å². The monoisotopic (exact) mass is 374 g/mol. The number of Topliss-reactive ketones (excluding diaryl/α,β-unsaturated/α-hetero) is 1. The van der Waals surface area contributed by atoms with E-state index in [1.54, 1.807) is 6.92 Å². The SMILES string of the molecule is CCOC(=O)C(=CN[C@H](CO)C(C)C)C(=O)c1ncc(Cl)cc1Cl. The number of hydrogen-bond donors (Lipinski definition) is 2. The van der Waals surface area contributed by atoms with E-state index in [9.17, 15) is 14.7 Å². The van der Waals surface area contributed by atoms with Crippen LogP contribution in [0.15, 0.2) is 24.0 Å². The number of halogens is 2. The van der Waals surface area contributed by atoms with E-state index in [0.29, 0.717) is 0 Å². The molecule has 0 aliphatic heterocycles. The normalized spacial score (nSPS) is 12.9. The molecule has 0 radical (unpaired) electrons. The average molecular weight is 375 g/mol. The first-order chi connectivity index (χ1) is 11.3. The molecule has 0 saturated heterocycles. The molecule has 0 aliphatic rings. The maximum Gasteiger partial charge on any atom is 0.343 e. The number of hydrogen-bond acceptors (Lipinski definition) is 6. The second kappa shape index (κ2) is 9.61. The van der Waals surface area contributed by atoms with Gasteiger partial charge in [0, 0.05) is 12.4 Å². The molecule has 8 heteroatoms. The van der Waals surface area contributed by atoms with Gasteiger partial charge >= 0.3 is 5.97 Å². The number of ketones is 1. The third kappa shape index (κ3) is 5.47. The highest BCUT2D eigenvalue weighted by atomic mass is 35.5. The Morgan fingerprint density at radius 2 is 2.08 bits per heavy atom. The number of aromatic nitrogens is 1. The van der Waals surface area contributed by atoms with Gasteiger partial charge in [0.05, 0.1) is 29.3 Å². The van der Waals surface area contributed by atoms with Crippen molar-refractivity contribution in [3.63, 3.8) is 0 Å². The number of nitrogens with one attached hydrogen (secondary N) is 1. The van der Waals surface area contributed by atoms with Crippen LogP contribution >= 0.6 is 23.2 Å². The second-order valence-corrected chi connectivity index (χ2v) is 6.13. The van der Waals surface area contributed by atoms with Gasteiger partial charge in [-0.3, -0.25) is 4.79 Å². The molecule has 2 N–H and O–H groups in total. The van der Waals surface area contributed by atoms with E-state index in [1.807, 2.05) is 13.8 Å². The maximum absolute atomic E-state index is 12.6. The van der Waals surface area contributed by atoms with Gasteiger partial charge in [0.1, 0.15) is 11.3 Å². The van der Waals surface area contributed by atoms with Crippen LogP contribution in [0.1, 0.15) is 31.3 Å². The van der Waals surface area contributed by atoms with Crippen molar-refractivity contribution in [1.82, 2.24) is 10.3 Å². The third-order valence-corrected chi connectivity index (χ3v) is 3.70. The Labute approximate surface area is 150 Å². The molecule has 1 atom stereocenters. The molecular weight excluding hydrogens is 355 g/mol. The van der Waals surface area contributed by atoms with Crippen molar-refractivity contribution < 1.29 is 19.4 Å². The molecule has 0 aromatic carbocycles. The fourth-order valence-corrected chi connectivity index (χ4v) is 2.25. The third-order valence-electron chi connectivity index (χ3n) is 3.21. The zero-order valence-corrected chi connectivity index (χ0v) is 15.2. The highest BCUT2D eigenvalue weighted by Crippen LogP contribution is 2.21. The number of pyridine rings is 1. The number of rotatable bonds is 8. The molecule has 0 spiro atoms. The van der Waals surface area contributed by atoms with Crippen LogP contribution in [0, 0.1) is 5.92 Å². The Bertz CT molecular complexity index is 633. The van der Waals surface area contributed by atoms with Gasteiger partial charge in [-0.25, -0.2) is 9.78 Å². The Morgan fingerprint density at radius 1 is 1.42 bits per heavy atom. The van der Waals surface area contributed by atoms with Crippen LogP contribution in [0.4, 0.5) is 0 Å². The van der Waals surface area contributed by atoms with Gasteiger partial charge in [-0.2, -0.15) is 0 Å². The number of aliphatic hydroxyl groups excluding tert-OH is 1. The quantitative estimate of drug-likeness (QED) is 0.239. The van der Waals surface area contributed by atoms with E-state index in [0.717, 1.165) is 0 Å². The van der Waals surface area contributed by atoms with Gasteiger partial charge in [0.15, 0.2) is 0 Å². The van der Waals surface area contributed by atoms with Crippen LogP contribution < -0.4 is 5.32 Å². The molecule has 0 bridgehead atoms. The topological polar surface area (TPSA) is 88.5 Å². The van der Waals surface area contributed by atoms with E-state index < -0.39 is 11.8 Å². The molecule has 24 heavy (non-hydrogen) atoms. The highest BCUT2D eigenvalue weighted by Gasteiger charge is 2.25. The van der Waals surface area contributed by atoms with Crippen LogP contribution in [0.2, 0.25) is 10.0 Å². The lowest BCUT2D eigenvalue weighted by molar-refractivity contribution is -0.138. The zero-order chi connectivity index (χ0) is 18.3. The maximum atomic E-state index is 12.6. The van der Waals surface area contributed by atoms with Gasteiger partial charge in [0.25, 0.3) is 0 Å². The number of ether oxygens (including phenoxy) is 1. The number of carbonyl (C=O) groups excluding carboxylic acids is 2. The van der Waals surface area contributed by atoms with E-state index in [1.165, 1.54) is 18.5 Å². The molecule has 1 heterocycles.